The van der Waals surface area contributed by atoms with Gasteiger partial charge in [0.2, 0.25) is 5.28 Å². The summed E-state index contributed by atoms with van der Waals surface area (Å²) in [6, 6.07) is 0.895. The van der Waals surface area contributed by atoms with Crippen molar-refractivity contribution in [1.29, 1.82) is 0 Å². The molecule has 0 aliphatic carbocycles. The monoisotopic (exact) mass is 309 g/mol. The Bertz CT molecular complexity index is 493. The van der Waals surface area contributed by atoms with E-state index in [1.807, 2.05) is 0 Å². The van der Waals surface area contributed by atoms with Gasteiger partial charge in [0.1, 0.15) is 5.82 Å². The van der Waals surface area contributed by atoms with Crippen LogP contribution in [-0.4, -0.2) is 33.8 Å². The molecule has 1 aliphatic rings. The van der Waals surface area contributed by atoms with Gasteiger partial charge in [-0.25, -0.2) is 9.97 Å². The lowest BCUT2D eigenvalue weighted by Gasteiger charge is -2.23. The predicted octanol–water partition coefficient (Wildman–Crippen LogP) is 2.89. The van der Waals surface area contributed by atoms with E-state index in [-0.39, 0.29) is 5.82 Å². The number of halogens is 4. The summed E-state index contributed by atoms with van der Waals surface area (Å²) in [5.41, 5.74) is -1.85. The molecule has 1 saturated heterocycles. The van der Waals surface area contributed by atoms with E-state index in [1.165, 1.54) is 0 Å². The minimum absolute atomic E-state index is 0.148. The van der Waals surface area contributed by atoms with Gasteiger partial charge in [0, 0.05) is 19.2 Å². The van der Waals surface area contributed by atoms with E-state index in [9.17, 15) is 18.3 Å². The molecule has 0 radical (unpaired) electrons. The molecule has 20 heavy (non-hydrogen) atoms. The fourth-order valence-electron chi connectivity index (χ4n) is 2.21. The van der Waals surface area contributed by atoms with Gasteiger partial charge in [-0.05, 0) is 37.8 Å². The Morgan fingerprint density at radius 3 is 2.65 bits per heavy atom. The molecule has 1 N–H and O–H groups in total. The standard InChI is InChI=1S/C12H15ClF3N3O/c1-11(20)3-2-5-19(6-4-11)9-7-8(12(14,15)16)17-10(13)18-9/h7,20H,2-6H2,1H3. The molecular formula is C12H15ClF3N3O. The number of alkyl halides is 3. The molecular weight excluding hydrogens is 295 g/mol. The minimum Gasteiger partial charge on any atom is -0.390 e. The summed E-state index contributed by atoms with van der Waals surface area (Å²) in [5.74, 6) is 0.148. The second-order valence-electron chi connectivity index (χ2n) is 5.22. The molecule has 2 rings (SSSR count). The van der Waals surface area contributed by atoms with Crippen molar-refractivity contribution in [1.82, 2.24) is 9.97 Å². The number of rotatable bonds is 1. The van der Waals surface area contributed by atoms with Crippen LogP contribution in [0.25, 0.3) is 0 Å². The summed E-state index contributed by atoms with van der Waals surface area (Å²) in [7, 11) is 0. The molecule has 0 spiro atoms. The number of anilines is 1. The highest BCUT2D eigenvalue weighted by molar-refractivity contribution is 6.28. The molecule has 1 aromatic heterocycles. The van der Waals surface area contributed by atoms with Crippen molar-refractivity contribution in [2.75, 3.05) is 18.0 Å². The molecule has 1 unspecified atom stereocenters. The van der Waals surface area contributed by atoms with E-state index in [0.29, 0.717) is 32.4 Å². The van der Waals surface area contributed by atoms with Crippen LogP contribution in [0.4, 0.5) is 19.0 Å². The number of hydrogen-bond donors (Lipinski definition) is 1. The zero-order chi connectivity index (χ0) is 15.0. The summed E-state index contributed by atoms with van der Waals surface area (Å²) >= 11 is 5.57. The van der Waals surface area contributed by atoms with Crippen LogP contribution in [0.2, 0.25) is 5.28 Å². The van der Waals surface area contributed by atoms with Gasteiger partial charge in [0.05, 0.1) is 5.60 Å². The lowest BCUT2D eigenvalue weighted by molar-refractivity contribution is -0.141. The molecule has 1 aliphatic heterocycles. The lowest BCUT2D eigenvalue weighted by Crippen LogP contribution is -2.29. The zero-order valence-electron chi connectivity index (χ0n) is 10.9. The summed E-state index contributed by atoms with van der Waals surface area (Å²) in [5, 5.41) is 9.57. The summed E-state index contributed by atoms with van der Waals surface area (Å²) in [6.07, 6.45) is -2.81. The normalized spacial score (nSPS) is 24.6. The molecule has 8 heteroatoms. The van der Waals surface area contributed by atoms with Crippen LogP contribution in [-0.2, 0) is 6.18 Å². The Labute approximate surface area is 119 Å². The Kier molecular flexibility index (Phi) is 4.11. The second-order valence-corrected chi connectivity index (χ2v) is 5.55. The van der Waals surface area contributed by atoms with Crippen molar-refractivity contribution in [2.24, 2.45) is 0 Å². The summed E-state index contributed by atoms with van der Waals surface area (Å²) in [6.45, 7) is 2.68. The van der Waals surface area contributed by atoms with Crippen molar-refractivity contribution < 1.29 is 18.3 Å². The maximum Gasteiger partial charge on any atom is 0.433 e. The van der Waals surface area contributed by atoms with Gasteiger partial charge in [0.15, 0.2) is 5.69 Å². The van der Waals surface area contributed by atoms with Crippen LogP contribution < -0.4 is 4.90 Å². The maximum atomic E-state index is 12.7. The third-order valence-corrected chi connectivity index (χ3v) is 3.53. The van der Waals surface area contributed by atoms with E-state index in [4.69, 9.17) is 11.6 Å². The molecule has 0 saturated carbocycles. The van der Waals surface area contributed by atoms with Crippen molar-refractivity contribution in [3.8, 4) is 0 Å². The van der Waals surface area contributed by atoms with Crippen LogP contribution in [0.5, 0.6) is 0 Å². The van der Waals surface area contributed by atoms with E-state index in [0.717, 1.165) is 6.07 Å². The van der Waals surface area contributed by atoms with Crippen LogP contribution in [0.3, 0.4) is 0 Å². The Hall–Kier alpha value is -1.08. The fourth-order valence-corrected chi connectivity index (χ4v) is 2.38. The summed E-state index contributed by atoms with van der Waals surface area (Å²) < 4.78 is 38.1. The molecule has 0 amide bonds. The quantitative estimate of drug-likeness (QED) is 0.810. The maximum absolute atomic E-state index is 12.7. The van der Waals surface area contributed by atoms with Crippen LogP contribution in [0.1, 0.15) is 31.9 Å². The topological polar surface area (TPSA) is 49.2 Å². The number of aliphatic hydroxyl groups is 1. The SMILES string of the molecule is CC1(O)CCCN(c2cc(C(F)(F)F)nc(Cl)n2)CC1. The first-order valence-corrected chi connectivity index (χ1v) is 6.64. The Morgan fingerprint density at radius 2 is 2.00 bits per heavy atom. The number of nitrogens with zero attached hydrogens (tertiary/aromatic N) is 3. The van der Waals surface area contributed by atoms with Crippen LogP contribution in [0.15, 0.2) is 6.07 Å². The highest BCUT2D eigenvalue weighted by atomic mass is 35.5. The lowest BCUT2D eigenvalue weighted by atomic mass is 9.98. The van der Waals surface area contributed by atoms with Gasteiger partial charge in [-0.3, -0.25) is 0 Å². The smallest absolute Gasteiger partial charge is 0.390 e. The van der Waals surface area contributed by atoms with Gasteiger partial charge in [0.25, 0.3) is 0 Å². The molecule has 1 aromatic rings. The molecule has 1 atom stereocenters. The van der Waals surface area contributed by atoms with Crippen molar-refractivity contribution >= 4 is 17.4 Å². The third-order valence-electron chi connectivity index (χ3n) is 3.36. The van der Waals surface area contributed by atoms with E-state index >= 15 is 0 Å². The van der Waals surface area contributed by atoms with Crippen LogP contribution in [0, 0.1) is 0 Å². The van der Waals surface area contributed by atoms with Crippen molar-refractivity contribution in [3.05, 3.63) is 17.0 Å². The van der Waals surface area contributed by atoms with E-state index < -0.39 is 22.8 Å². The number of hydrogen-bond acceptors (Lipinski definition) is 4. The average molecular weight is 310 g/mol. The first kappa shape index (κ1) is 15.3. The second kappa shape index (κ2) is 5.37. The van der Waals surface area contributed by atoms with Crippen molar-refractivity contribution in [3.63, 3.8) is 0 Å². The van der Waals surface area contributed by atoms with Gasteiger partial charge in [-0.2, -0.15) is 13.2 Å². The predicted molar refractivity (Wildman–Crippen MR) is 68.7 cm³/mol. The largest absolute Gasteiger partial charge is 0.433 e. The minimum atomic E-state index is -4.56. The summed E-state index contributed by atoms with van der Waals surface area (Å²) in [4.78, 5) is 8.76. The van der Waals surface area contributed by atoms with E-state index in [2.05, 4.69) is 9.97 Å². The van der Waals surface area contributed by atoms with Gasteiger partial charge >= 0.3 is 6.18 Å². The van der Waals surface area contributed by atoms with Gasteiger partial charge in [-0.15, -0.1) is 0 Å². The van der Waals surface area contributed by atoms with Crippen molar-refractivity contribution in [2.45, 2.75) is 38.0 Å². The average Bonchev–Trinajstić information content (AvgIpc) is 2.48. The molecule has 0 aromatic carbocycles. The van der Waals surface area contributed by atoms with Crippen LogP contribution >= 0.6 is 11.6 Å². The molecule has 112 valence electrons. The molecule has 4 nitrogen and oxygen atoms in total. The van der Waals surface area contributed by atoms with E-state index in [1.54, 1.807) is 11.8 Å². The third kappa shape index (κ3) is 3.73. The van der Waals surface area contributed by atoms with Gasteiger partial charge < -0.3 is 10.0 Å². The Balaban J connectivity index is 2.26. The number of aromatic nitrogens is 2. The molecule has 1 fully saturated rings. The Morgan fingerprint density at radius 1 is 1.30 bits per heavy atom. The van der Waals surface area contributed by atoms with Gasteiger partial charge in [-0.1, -0.05) is 0 Å². The highest BCUT2D eigenvalue weighted by Gasteiger charge is 2.34. The highest BCUT2D eigenvalue weighted by Crippen LogP contribution is 2.31. The molecule has 0 bridgehead atoms. The molecule has 2 heterocycles. The zero-order valence-corrected chi connectivity index (χ0v) is 11.7. The first-order chi connectivity index (χ1) is 9.17. The fraction of sp³-hybridized carbons (Fsp3) is 0.667. The first-order valence-electron chi connectivity index (χ1n) is 6.26.